The van der Waals surface area contributed by atoms with Crippen LogP contribution in [-0.4, -0.2) is 17.5 Å². The van der Waals surface area contributed by atoms with Gasteiger partial charge in [0.2, 0.25) is 0 Å². The molecule has 2 nitrogen and oxygen atoms in total. The SMILES string of the molecule is O=N[C@H]1CCSSC1. The molecule has 0 aromatic heterocycles. The monoisotopic (exact) mass is 149 g/mol. The van der Waals surface area contributed by atoms with Crippen LogP contribution in [-0.2, 0) is 0 Å². The quantitative estimate of drug-likeness (QED) is 0.421. The third-order valence-electron chi connectivity index (χ3n) is 1.03. The third kappa shape index (κ3) is 1.67. The highest BCUT2D eigenvalue weighted by atomic mass is 33.1. The molecule has 0 N–H and O–H groups in total. The summed E-state index contributed by atoms with van der Waals surface area (Å²) in [5.74, 6) is 2.00. The molecule has 0 bridgehead atoms. The first-order valence-corrected chi connectivity index (χ1v) is 4.99. The molecule has 0 unspecified atom stereocenters. The highest BCUT2D eigenvalue weighted by Crippen LogP contribution is 2.30. The van der Waals surface area contributed by atoms with Crippen molar-refractivity contribution in [2.24, 2.45) is 5.18 Å². The molecule has 0 aromatic carbocycles. The van der Waals surface area contributed by atoms with E-state index in [1.807, 2.05) is 10.8 Å². The Morgan fingerprint density at radius 1 is 1.50 bits per heavy atom. The number of rotatable bonds is 1. The molecule has 1 heterocycles. The average molecular weight is 149 g/mol. The number of nitroso groups, excluding NO2 is 1. The van der Waals surface area contributed by atoms with Gasteiger partial charge in [-0.25, -0.2) is 0 Å². The summed E-state index contributed by atoms with van der Waals surface area (Å²) in [6.45, 7) is 0. The Morgan fingerprint density at radius 3 is 2.75 bits per heavy atom. The Kier molecular flexibility index (Phi) is 2.69. The van der Waals surface area contributed by atoms with Crippen molar-refractivity contribution >= 4 is 21.6 Å². The molecule has 1 fully saturated rings. The van der Waals surface area contributed by atoms with Gasteiger partial charge in [0.05, 0.1) is 0 Å². The molecule has 0 aliphatic carbocycles. The van der Waals surface area contributed by atoms with E-state index < -0.39 is 0 Å². The van der Waals surface area contributed by atoms with Gasteiger partial charge in [0.1, 0.15) is 6.04 Å². The van der Waals surface area contributed by atoms with Crippen LogP contribution in [0.3, 0.4) is 0 Å². The molecule has 1 atom stereocenters. The van der Waals surface area contributed by atoms with Crippen molar-refractivity contribution in [3.63, 3.8) is 0 Å². The Morgan fingerprint density at radius 2 is 2.38 bits per heavy atom. The van der Waals surface area contributed by atoms with E-state index in [1.165, 1.54) is 0 Å². The zero-order valence-electron chi connectivity index (χ0n) is 4.37. The molecule has 0 aromatic rings. The van der Waals surface area contributed by atoms with Crippen molar-refractivity contribution in [2.45, 2.75) is 12.5 Å². The molecular weight excluding hydrogens is 142 g/mol. The molecule has 0 spiro atoms. The Hall–Kier alpha value is 0.300. The Labute approximate surface area is 56.2 Å². The van der Waals surface area contributed by atoms with E-state index in [2.05, 4.69) is 5.18 Å². The van der Waals surface area contributed by atoms with Gasteiger partial charge in [0.15, 0.2) is 0 Å². The molecule has 8 heavy (non-hydrogen) atoms. The normalized spacial score (nSPS) is 29.8. The van der Waals surface area contributed by atoms with Gasteiger partial charge in [-0.1, -0.05) is 26.8 Å². The van der Waals surface area contributed by atoms with E-state index in [-0.39, 0.29) is 6.04 Å². The molecule has 1 aliphatic heterocycles. The summed E-state index contributed by atoms with van der Waals surface area (Å²) in [6.07, 6.45) is 0.973. The Balaban J connectivity index is 2.22. The number of hydrogen-bond donors (Lipinski definition) is 0. The highest BCUT2D eigenvalue weighted by molar-refractivity contribution is 8.76. The lowest BCUT2D eigenvalue weighted by atomic mass is 10.3. The maximum absolute atomic E-state index is 9.89. The summed E-state index contributed by atoms with van der Waals surface area (Å²) in [6, 6.07) is 0.0984. The van der Waals surface area contributed by atoms with E-state index in [0.29, 0.717) is 0 Å². The lowest BCUT2D eigenvalue weighted by Gasteiger charge is -2.12. The summed E-state index contributed by atoms with van der Waals surface area (Å²) in [5.41, 5.74) is 0. The van der Waals surface area contributed by atoms with Crippen molar-refractivity contribution in [1.29, 1.82) is 0 Å². The minimum absolute atomic E-state index is 0.0984. The second-order valence-electron chi connectivity index (χ2n) is 1.65. The molecule has 0 radical (unpaired) electrons. The van der Waals surface area contributed by atoms with Gasteiger partial charge in [-0.2, -0.15) is 4.91 Å². The fourth-order valence-electron chi connectivity index (χ4n) is 0.536. The fourth-order valence-corrected chi connectivity index (χ4v) is 2.91. The van der Waals surface area contributed by atoms with E-state index in [9.17, 15) is 4.91 Å². The molecule has 1 rings (SSSR count). The lowest BCUT2D eigenvalue weighted by Crippen LogP contribution is -2.10. The van der Waals surface area contributed by atoms with Crippen LogP contribution in [0.2, 0.25) is 0 Å². The van der Waals surface area contributed by atoms with E-state index >= 15 is 0 Å². The Bertz CT molecular complexity index is 82.1. The summed E-state index contributed by atoms with van der Waals surface area (Å²) in [7, 11) is 3.58. The molecule has 46 valence electrons. The van der Waals surface area contributed by atoms with Crippen LogP contribution >= 0.6 is 21.6 Å². The van der Waals surface area contributed by atoms with Gasteiger partial charge in [-0.3, -0.25) is 0 Å². The smallest absolute Gasteiger partial charge is 0.103 e. The summed E-state index contributed by atoms with van der Waals surface area (Å²) < 4.78 is 0. The van der Waals surface area contributed by atoms with E-state index in [4.69, 9.17) is 0 Å². The van der Waals surface area contributed by atoms with Crippen LogP contribution in [0, 0.1) is 4.91 Å². The minimum Gasteiger partial charge on any atom is -0.150 e. The minimum atomic E-state index is 0.0984. The molecule has 4 heteroatoms. The van der Waals surface area contributed by atoms with Gasteiger partial charge in [0, 0.05) is 11.5 Å². The predicted molar refractivity (Wildman–Crippen MR) is 39.1 cm³/mol. The average Bonchev–Trinajstić information content (AvgIpc) is 1.90. The van der Waals surface area contributed by atoms with Gasteiger partial charge in [-0.05, 0) is 6.42 Å². The van der Waals surface area contributed by atoms with Crippen molar-refractivity contribution < 1.29 is 0 Å². The number of nitrogens with zero attached hydrogens (tertiary/aromatic N) is 1. The van der Waals surface area contributed by atoms with Gasteiger partial charge < -0.3 is 0 Å². The second-order valence-corrected chi connectivity index (χ2v) is 4.28. The van der Waals surface area contributed by atoms with E-state index in [1.54, 1.807) is 10.8 Å². The zero-order valence-corrected chi connectivity index (χ0v) is 6.00. The van der Waals surface area contributed by atoms with Crippen LogP contribution in [0.25, 0.3) is 0 Å². The number of hydrogen-bond acceptors (Lipinski definition) is 4. The third-order valence-corrected chi connectivity index (χ3v) is 3.53. The first kappa shape index (κ1) is 6.42. The van der Waals surface area contributed by atoms with Crippen molar-refractivity contribution in [2.75, 3.05) is 11.5 Å². The topological polar surface area (TPSA) is 29.4 Å². The van der Waals surface area contributed by atoms with Gasteiger partial charge in [0.25, 0.3) is 0 Å². The lowest BCUT2D eigenvalue weighted by molar-refractivity contribution is 0.726. The predicted octanol–water partition coefficient (Wildman–Crippen LogP) is 1.91. The first-order valence-electron chi connectivity index (χ1n) is 2.50. The molecule has 1 aliphatic rings. The van der Waals surface area contributed by atoms with Crippen LogP contribution in [0.15, 0.2) is 5.18 Å². The maximum atomic E-state index is 9.89. The maximum Gasteiger partial charge on any atom is 0.103 e. The van der Waals surface area contributed by atoms with Crippen LogP contribution in [0.1, 0.15) is 6.42 Å². The van der Waals surface area contributed by atoms with Crippen molar-refractivity contribution in [1.82, 2.24) is 0 Å². The van der Waals surface area contributed by atoms with Gasteiger partial charge in [-0.15, -0.1) is 0 Å². The first-order chi connectivity index (χ1) is 3.93. The fraction of sp³-hybridized carbons (Fsp3) is 1.00. The van der Waals surface area contributed by atoms with Crippen LogP contribution < -0.4 is 0 Å². The largest absolute Gasteiger partial charge is 0.150 e. The molecule has 0 saturated carbocycles. The summed E-state index contributed by atoms with van der Waals surface area (Å²) >= 11 is 0. The van der Waals surface area contributed by atoms with Crippen LogP contribution in [0.5, 0.6) is 0 Å². The summed E-state index contributed by atoms with van der Waals surface area (Å²) in [4.78, 5) is 9.89. The van der Waals surface area contributed by atoms with Crippen molar-refractivity contribution in [3.8, 4) is 0 Å². The highest BCUT2D eigenvalue weighted by Gasteiger charge is 2.13. The summed E-state index contributed by atoms with van der Waals surface area (Å²) in [5, 5.41) is 2.96. The second kappa shape index (κ2) is 3.35. The van der Waals surface area contributed by atoms with E-state index in [0.717, 1.165) is 17.9 Å². The van der Waals surface area contributed by atoms with Crippen LogP contribution in [0.4, 0.5) is 0 Å². The molecule has 1 saturated heterocycles. The van der Waals surface area contributed by atoms with Crippen molar-refractivity contribution in [3.05, 3.63) is 4.91 Å². The molecular formula is C4H7NOS2. The standard InChI is InChI=1S/C4H7NOS2/c6-5-4-1-2-7-8-3-4/h4H,1-3H2/t4-/m0/s1. The van der Waals surface area contributed by atoms with Gasteiger partial charge >= 0.3 is 0 Å². The zero-order chi connectivity index (χ0) is 5.82. The molecule has 0 amide bonds.